The maximum atomic E-state index is 14.4. The van der Waals surface area contributed by atoms with Gasteiger partial charge in [-0.3, -0.25) is 4.90 Å². The molecule has 0 bridgehead atoms. The molecule has 1 aromatic rings. The first kappa shape index (κ1) is 15.7. The number of hydrogen-bond acceptors (Lipinski definition) is 4. The Balaban J connectivity index is 1.69. The second-order valence-corrected chi connectivity index (χ2v) is 6.41. The third kappa shape index (κ3) is 3.42. The maximum absolute atomic E-state index is 14.4. The first-order valence-electron chi connectivity index (χ1n) is 8.11. The molecule has 0 saturated carbocycles. The Morgan fingerprint density at radius 1 is 1.36 bits per heavy atom. The van der Waals surface area contributed by atoms with E-state index < -0.39 is 0 Å². The van der Waals surface area contributed by atoms with E-state index in [1.807, 2.05) is 6.07 Å². The van der Waals surface area contributed by atoms with Crippen LogP contribution in [-0.4, -0.2) is 44.4 Å². The molecular formula is C17H25FN2O2. The maximum Gasteiger partial charge on any atom is 0.165 e. The molecule has 4 nitrogen and oxygen atoms in total. The van der Waals surface area contributed by atoms with Gasteiger partial charge in [0, 0.05) is 25.4 Å². The van der Waals surface area contributed by atoms with E-state index in [-0.39, 0.29) is 18.0 Å². The Bertz CT molecular complexity index is 505. The van der Waals surface area contributed by atoms with Gasteiger partial charge < -0.3 is 15.2 Å². The molecule has 2 atom stereocenters. The smallest absolute Gasteiger partial charge is 0.165 e. The van der Waals surface area contributed by atoms with Gasteiger partial charge in [0.2, 0.25) is 0 Å². The summed E-state index contributed by atoms with van der Waals surface area (Å²) in [5, 5.41) is 0. The lowest BCUT2D eigenvalue weighted by molar-refractivity contribution is 0.0240. The van der Waals surface area contributed by atoms with Gasteiger partial charge >= 0.3 is 0 Å². The van der Waals surface area contributed by atoms with Crippen molar-refractivity contribution in [3.63, 3.8) is 0 Å². The van der Waals surface area contributed by atoms with Crippen LogP contribution in [0.2, 0.25) is 0 Å². The summed E-state index contributed by atoms with van der Waals surface area (Å²) < 4.78 is 25.4. The summed E-state index contributed by atoms with van der Waals surface area (Å²) in [6.45, 7) is 3.05. The number of rotatable bonds is 4. The number of benzene rings is 1. The average Bonchev–Trinajstić information content (AvgIpc) is 2.91. The zero-order valence-corrected chi connectivity index (χ0v) is 13.1. The number of hydrogen-bond donors (Lipinski definition) is 1. The van der Waals surface area contributed by atoms with Gasteiger partial charge in [-0.1, -0.05) is 6.07 Å². The van der Waals surface area contributed by atoms with Gasteiger partial charge in [-0.05, 0) is 43.6 Å². The molecule has 0 aliphatic carbocycles. The van der Waals surface area contributed by atoms with Crippen molar-refractivity contribution in [2.75, 3.05) is 33.4 Å². The van der Waals surface area contributed by atoms with Gasteiger partial charge in [0.05, 0.1) is 13.2 Å². The second kappa shape index (κ2) is 6.94. The molecule has 2 heterocycles. The van der Waals surface area contributed by atoms with Gasteiger partial charge in [0.25, 0.3) is 0 Å². The molecule has 1 aromatic carbocycles. The molecule has 0 spiro atoms. The zero-order chi connectivity index (χ0) is 15.5. The van der Waals surface area contributed by atoms with Crippen LogP contribution in [0.25, 0.3) is 0 Å². The molecular weight excluding hydrogens is 283 g/mol. The lowest BCUT2D eigenvalue weighted by Crippen LogP contribution is -2.26. The van der Waals surface area contributed by atoms with E-state index >= 15 is 0 Å². The fourth-order valence-electron chi connectivity index (χ4n) is 3.46. The highest BCUT2D eigenvalue weighted by atomic mass is 19.1. The van der Waals surface area contributed by atoms with Crippen LogP contribution in [-0.2, 0) is 4.74 Å². The van der Waals surface area contributed by atoms with Crippen LogP contribution in [0.1, 0.15) is 30.9 Å². The van der Waals surface area contributed by atoms with Crippen LogP contribution in [0.5, 0.6) is 5.75 Å². The van der Waals surface area contributed by atoms with Crippen molar-refractivity contribution in [2.24, 2.45) is 11.7 Å². The van der Waals surface area contributed by atoms with E-state index in [0.717, 1.165) is 31.4 Å². The first-order valence-corrected chi connectivity index (χ1v) is 8.11. The fraction of sp³-hybridized carbons (Fsp3) is 0.647. The largest absolute Gasteiger partial charge is 0.487 e. The minimum Gasteiger partial charge on any atom is -0.487 e. The molecule has 0 aromatic heterocycles. The minimum absolute atomic E-state index is 0.0601. The Hall–Kier alpha value is -1.17. The molecule has 3 rings (SSSR count). The summed E-state index contributed by atoms with van der Waals surface area (Å²) in [7, 11) is 2.07. The number of halogens is 1. The van der Waals surface area contributed by atoms with E-state index in [1.165, 1.54) is 0 Å². The molecule has 5 heteroatoms. The molecule has 2 fully saturated rings. The molecule has 122 valence electrons. The highest BCUT2D eigenvalue weighted by molar-refractivity contribution is 5.32. The van der Waals surface area contributed by atoms with E-state index in [9.17, 15) is 4.39 Å². The number of nitrogens with zero attached hydrogens (tertiary/aromatic N) is 1. The lowest BCUT2D eigenvalue weighted by atomic mass is 9.99. The Morgan fingerprint density at radius 2 is 2.14 bits per heavy atom. The monoisotopic (exact) mass is 308 g/mol. The predicted molar refractivity (Wildman–Crippen MR) is 83.4 cm³/mol. The molecule has 2 aliphatic rings. The minimum atomic E-state index is -0.270. The first-order chi connectivity index (χ1) is 10.7. The average molecular weight is 308 g/mol. The van der Waals surface area contributed by atoms with Crippen LogP contribution in [0.15, 0.2) is 18.2 Å². The van der Waals surface area contributed by atoms with Crippen molar-refractivity contribution < 1.29 is 13.9 Å². The van der Waals surface area contributed by atoms with Crippen molar-refractivity contribution in [1.29, 1.82) is 0 Å². The SMILES string of the molecule is CN1CC(CN)CC1c1ccc(OC2CCOCC2)c(F)c1. The Labute approximate surface area is 131 Å². The molecule has 2 saturated heterocycles. The Morgan fingerprint density at radius 3 is 2.77 bits per heavy atom. The molecule has 0 amide bonds. The quantitative estimate of drug-likeness (QED) is 0.927. The normalized spacial score (nSPS) is 27.2. The van der Waals surface area contributed by atoms with Gasteiger partial charge in [0.15, 0.2) is 11.6 Å². The molecule has 2 aliphatic heterocycles. The summed E-state index contributed by atoms with van der Waals surface area (Å²) in [6.07, 6.45) is 2.70. The van der Waals surface area contributed by atoms with E-state index in [1.54, 1.807) is 12.1 Å². The molecule has 0 radical (unpaired) electrons. The number of ether oxygens (including phenoxy) is 2. The van der Waals surface area contributed by atoms with Crippen molar-refractivity contribution >= 4 is 0 Å². The third-order valence-electron chi connectivity index (χ3n) is 4.77. The van der Waals surface area contributed by atoms with E-state index in [2.05, 4.69) is 11.9 Å². The van der Waals surface area contributed by atoms with E-state index in [0.29, 0.717) is 31.4 Å². The highest BCUT2D eigenvalue weighted by Gasteiger charge is 2.30. The van der Waals surface area contributed by atoms with Crippen molar-refractivity contribution in [3.05, 3.63) is 29.6 Å². The van der Waals surface area contributed by atoms with Gasteiger partial charge in [0.1, 0.15) is 6.10 Å². The summed E-state index contributed by atoms with van der Waals surface area (Å²) in [6, 6.07) is 5.62. The van der Waals surface area contributed by atoms with Gasteiger partial charge in [-0.2, -0.15) is 0 Å². The van der Waals surface area contributed by atoms with Crippen LogP contribution in [0, 0.1) is 11.7 Å². The van der Waals surface area contributed by atoms with Gasteiger partial charge in [-0.25, -0.2) is 4.39 Å². The standard InChI is InChI=1S/C17H25FN2O2/c1-20-11-12(10-19)8-16(20)13-2-3-17(15(18)9-13)22-14-4-6-21-7-5-14/h2-3,9,12,14,16H,4-8,10-11,19H2,1H3. The summed E-state index contributed by atoms with van der Waals surface area (Å²) >= 11 is 0. The summed E-state index contributed by atoms with van der Waals surface area (Å²) in [4.78, 5) is 2.26. The van der Waals surface area contributed by atoms with Gasteiger partial charge in [-0.15, -0.1) is 0 Å². The van der Waals surface area contributed by atoms with Crippen molar-refractivity contribution in [2.45, 2.75) is 31.4 Å². The lowest BCUT2D eigenvalue weighted by Gasteiger charge is -2.24. The number of likely N-dealkylation sites (tertiary alicyclic amines) is 1. The fourth-order valence-corrected chi connectivity index (χ4v) is 3.46. The van der Waals surface area contributed by atoms with Crippen LogP contribution in [0.3, 0.4) is 0 Å². The zero-order valence-electron chi connectivity index (χ0n) is 13.1. The summed E-state index contributed by atoms with van der Waals surface area (Å²) in [5.74, 6) is 0.580. The Kier molecular flexibility index (Phi) is 4.96. The van der Waals surface area contributed by atoms with Crippen LogP contribution >= 0.6 is 0 Å². The van der Waals surface area contributed by atoms with Crippen molar-refractivity contribution in [3.8, 4) is 5.75 Å². The predicted octanol–water partition coefficient (Wildman–Crippen LogP) is 2.33. The highest BCUT2D eigenvalue weighted by Crippen LogP contribution is 2.35. The topological polar surface area (TPSA) is 47.7 Å². The summed E-state index contributed by atoms with van der Waals surface area (Å²) in [5.41, 5.74) is 6.77. The third-order valence-corrected chi connectivity index (χ3v) is 4.77. The van der Waals surface area contributed by atoms with Crippen LogP contribution in [0.4, 0.5) is 4.39 Å². The molecule has 2 N–H and O–H groups in total. The molecule has 2 unspecified atom stereocenters. The van der Waals surface area contributed by atoms with Crippen molar-refractivity contribution in [1.82, 2.24) is 4.90 Å². The molecule has 22 heavy (non-hydrogen) atoms. The second-order valence-electron chi connectivity index (χ2n) is 6.41. The number of nitrogens with two attached hydrogens (primary N) is 1. The van der Waals surface area contributed by atoms with E-state index in [4.69, 9.17) is 15.2 Å². The van der Waals surface area contributed by atoms with Crippen LogP contribution < -0.4 is 10.5 Å².